The van der Waals surface area contributed by atoms with Gasteiger partial charge in [-0.15, -0.1) is 0 Å². The van der Waals surface area contributed by atoms with Gasteiger partial charge in [-0.2, -0.15) is 0 Å². The van der Waals surface area contributed by atoms with Crippen molar-refractivity contribution in [2.24, 2.45) is 7.05 Å². The molecule has 4 nitrogen and oxygen atoms in total. The minimum atomic E-state index is 0.568. The molecular weight excluding hydrogens is 164 g/mol. The van der Waals surface area contributed by atoms with Crippen molar-refractivity contribution >= 4 is 5.84 Å². The SMILES string of the molecule is CC(=N)N(C)Cc1cnc(C)n1C. The fourth-order valence-electron chi connectivity index (χ4n) is 1.06. The van der Waals surface area contributed by atoms with Gasteiger partial charge in [0.2, 0.25) is 0 Å². The van der Waals surface area contributed by atoms with Crippen LogP contribution >= 0.6 is 0 Å². The fourth-order valence-corrected chi connectivity index (χ4v) is 1.06. The normalized spacial score (nSPS) is 10.2. The Morgan fingerprint density at radius 3 is 2.69 bits per heavy atom. The van der Waals surface area contributed by atoms with E-state index in [1.807, 2.05) is 36.7 Å². The van der Waals surface area contributed by atoms with Crippen molar-refractivity contribution in [3.63, 3.8) is 0 Å². The molecule has 0 atom stereocenters. The van der Waals surface area contributed by atoms with E-state index in [0.717, 1.165) is 18.1 Å². The average Bonchev–Trinajstić information content (AvgIpc) is 2.36. The number of aromatic nitrogens is 2. The number of nitrogens with one attached hydrogen (secondary N) is 1. The Kier molecular flexibility index (Phi) is 2.70. The van der Waals surface area contributed by atoms with Gasteiger partial charge in [-0.25, -0.2) is 4.98 Å². The predicted molar refractivity (Wildman–Crippen MR) is 52.8 cm³/mol. The summed E-state index contributed by atoms with van der Waals surface area (Å²) in [5.41, 5.74) is 1.13. The molecule has 1 rings (SSSR count). The minimum Gasteiger partial charge on any atom is -0.358 e. The first-order chi connectivity index (χ1) is 6.02. The minimum absolute atomic E-state index is 0.568. The van der Waals surface area contributed by atoms with Crippen molar-refractivity contribution in [3.8, 4) is 0 Å². The number of hydrogen-bond donors (Lipinski definition) is 1. The van der Waals surface area contributed by atoms with Crippen LogP contribution in [0.2, 0.25) is 0 Å². The van der Waals surface area contributed by atoms with Gasteiger partial charge < -0.3 is 9.47 Å². The number of hydrogen-bond acceptors (Lipinski definition) is 2. The van der Waals surface area contributed by atoms with Crippen LogP contribution in [0.25, 0.3) is 0 Å². The highest BCUT2D eigenvalue weighted by Crippen LogP contribution is 2.04. The lowest BCUT2D eigenvalue weighted by Crippen LogP contribution is -2.23. The molecule has 1 aromatic rings. The van der Waals surface area contributed by atoms with Gasteiger partial charge in [-0.3, -0.25) is 5.41 Å². The van der Waals surface area contributed by atoms with E-state index in [0.29, 0.717) is 5.84 Å². The van der Waals surface area contributed by atoms with Gasteiger partial charge in [0, 0.05) is 14.1 Å². The highest BCUT2D eigenvalue weighted by Gasteiger charge is 2.05. The largest absolute Gasteiger partial charge is 0.358 e. The van der Waals surface area contributed by atoms with Crippen molar-refractivity contribution in [2.75, 3.05) is 7.05 Å². The third-order valence-corrected chi connectivity index (χ3v) is 2.29. The molecule has 1 heterocycles. The Labute approximate surface area is 78.7 Å². The molecule has 0 aliphatic heterocycles. The maximum absolute atomic E-state index is 7.42. The van der Waals surface area contributed by atoms with Gasteiger partial charge in [0.25, 0.3) is 0 Å². The fraction of sp³-hybridized carbons (Fsp3) is 0.556. The van der Waals surface area contributed by atoms with Crippen LogP contribution < -0.4 is 0 Å². The van der Waals surface area contributed by atoms with E-state index in [4.69, 9.17) is 5.41 Å². The molecule has 72 valence electrons. The van der Waals surface area contributed by atoms with E-state index in [2.05, 4.69) is 4.98 Å². The second kappa shape index (κ2) is 3.60. The summed E-state index contributed by atoms with van der Waals surface area (Å²) in [4.78, 5) is 6.08. The quantitative estimate of drug-likeness (QED) is 0.548. The topological polar surface area (TPSA) is 44.9 Å². The van der Waals surface area contributed by atoms with Gasteiger partial charge in [-0.1, -0.05) is 0 Å². The Hall–Kier alpha value is -1.32. The smallest absolute Gasteiger partial charge is 0.105 e. The zero-order valence-corrected chi connectivity index (χ0v) is 8.63. The van der Waals surface area contributed by atoms with Crippen LogP contribution in [-0.2, 0) is 13.6 Å². The lowest BCUT2D eigenvalue weighted by atomic mass is 10.4. The molecule has 0 radical (unpaired) electrons. The van der Waals surface area contributed by atoms with Crippen LogP contribution in [-0.4, -0.2) is 27.3 Å². The number of imidazole rings is 1. The maximum Gasteiger partial charge on any atom is 0.105 e. The molecule has 0 saturated heterocycles. The molecule has 13 heavy (non-hydrogen) atoms. The molecule has 0 fully saturated rings. The summed E-state index contributed by atoms with van der Waals surface area (Å²) in [6.07, 6.45) is 1.86. The molecule has 0 spiro atoms. The molecule has 0 aromatic carbocycles. The molecule has 0 bridgehead atoms. The van der Waals surface area contributed by atoms with Gasteiger partial charge in [0.05, 0.1) is 24.3 Å². The molecule has 4 heteroatoms. The van der Waals surface area contributed by atoms with Crippen LogP contribution in [0.1, 0.15) is 18.4 Å². The highest BCUT2D eigenvalue weighted by molar-refractivity contribution is 5.75. The third-order valence-electron chi connectivity index (χ3n) is 2.29. The standard InChI is InChI=1S/C9H16N4/c1-7(10)12(3)6-9-5-11-8(2)13(9)4/h5,10H,6H2,1-4H3. The monoisotopic (exact) mass is 180 g/mol. The van der Waals surface area contributed by atoms with E-state index >= 15 is 0 Å². The Balaban J connectivity index is 2.74. The summed E-state index contributed by atoms with van der Waals surface area (Å²) in [6.45, 7) is 4.50. The van der Waals surface area contributed by atoms with Crippen molar-refractivity contribution in [2.45, 2.75) is 20.4 Å². The van der Waals surface area contributed by atoms with Gasteiger partial charge >= 0.3 is 0 Å². The highest BCUT2D eigenvalue weighted by atomic mass is 15.2. The molecule has 0 amide bonds. The number of rotatable bonds is 2. The Morgan fingerprint density at radius 2 is 2.31 bits per heavy atom. The van der Waals surface area contributed by atoms with E-state index in [1.165, 1.54) is 0 Å². The van der Waals surface area contributed by atoms with Crippen LogP contribution in [0.4, 0.5) is 0 Å². The van der Waals surface area contributed by atoms with E-state index in [-0.39, 0.29) is 0 Å². The molecule has 1 N–H and O–H groups in total. The second-order valence-corrected chi connectivity index (χ2v) is 3.30. The van der Waals surface area contributed by atoms with Crippen molar-refractivity contribution < 1.29 is 0 Å². The van der Waals surface area contributed by atoms with Gasteiger partial charge in [0.1, 0.15) is 5.82 Å². The first kappa shape index (κ1) is 9.77. The van der Waals surface area contributed by atoms with Crippen LogP contribution in [0.15, 0.2) is 6.20 Å². The summed E-state index contributed by atoms with van der Waals surface area (Å²) in [7, 11) is 3.90. The number of amidine groups is 1. The van der Waals surface area contributed by atoms with Crippen LogP contribution in [0, 0.1) is 12.3 Å². The van der Waals surface area contributed by atoms with Crippen molar-refractivity contribution in [1.29, 1.82) is 5.41 Å². The summed E-state index contributed by atoms with van der Waals surface area (Å²) in [5.74, 6) is 1.57. The molecule has 0 aliphatic rings. The lowest BCUT2D eigenvalue weighted by molar-refractivity contribution is 0.476. The Bertz CT molecular complexity index is 313. The first-order valence-corrected chi connectivity index (χ1v) is 4.26. The molecular formula is C9H16N4. The van der Waals surface area contributed by atoms with Gasteiger partial charge in [0.15, 0.2) is 0 Å². The zero-order chi connectivity index (χ0) is 10.0. The molecule has 0 unspecified atom stereocenters. The number of aryl methyl sites for hydroxylation is 1. The summed E-state index contributed by atoms with van der Waals surface area (Å²) >= 11 is 0. The number of nitrogens with zero attached hydrogens (tertiary/aromatic N) is 3. The summed E-state index contributed by atoms with van der Waals surface area (Å²) in [6, 6.07) is 0. The Morgan fingerprint density at radius 1 is 1.69 bits per heavy atom. The molecule has 0 saturated carbocycles. The summed E-state index contributed by atoms with van der Waals surface area (Å²) in [5, 5.41) is 7.42. The first-order valence-electron chi connectivity index (χ1n) is 4.26. The average molecular weight is 180 g/mol. The lowest BCUT2D eigenvalue weighted by Gasteiger charge is -2.17. The molecule has 1 aromatic heterocycles. The van der Waals surface area contributed by atoms with Crippen LogP contribution in [0.5, 0.6) is 0 Å². The van der Waals surface area contributed by atoms with Gasteiger partial charge in [-0.05, 0) is 13.8 Å². The van der Waals surface area contributed by atoms with E-state index in [9.17, 15) is 0 Å². The second-order valence-electron chi connectivity index (χ2n) is 3.30. The van der Waals surface area contributed by atoms with Crippen molar-refractivity contribution in [1.82, 2.24) is 14.5 Å². The predicted octanol–water partition coefficient (Wildman–Crippen LogP) is 1.16. The summed E-state index contributed by atoms with van der Waals surface area (Å²) < 4.78 is 2.04. The zero-order valence-electron chi connectivity index (χ0n) is 8.63. The van der Waals surface area contributed by atoms with Crippen molar-refractivity contribution in [3.05, 3.63) is 17.7 Å². The molecule has 0 aliphatic carbocycles. The maximum atomic E-state index is 7.42. The van der Waals surface area contributed by atoms with E-state index in [1.54, 1.807) is 6.92 Å². The van der Waals surface area contributed by atoms with Crippen LogP contribution in [0.3, 0.4) is 0 Å². The third kappa shape index (κ3) is 2.08. The van der Waals surface area contributed by atoms with E-state index < -0.39 is 0 Å².